The van der Waals surface area contributed by atoms with E-state index in [2.05, 4.69) is 10.3 Å². The van der Waals surface area contributed by atoms with Crippen molar-refractivity contribution in [3.63, 3.8) is 0 Å². The van der Waals surface area contributed by atoms with Crippen molar-refractivity contribution in [3.05, 3.63) is 47.5 Å². The number of carbonyl (C=O) groups excluding carboxylic acids is 1. The number of halogens is 1. The molecule has 1 aromatic heterocycles. The minimum absolute atomic E-state index is 0.0357. The summed E-state index contributed by atoms with van der Waals surface area (Å²) in [5, 5.41) is 3.37. The molecule has 0 bridgehead atoms. The predicted molar refractivity (Wildman–Crippen MR) is 72.0 cm³/mol. The van der Waals surface area contributed by atoms with E-state index < -0.39 is 0 Å². The number of carbonyl (C=O) groups is 1. The fourth-order valence-corrected chi connectivity index (χ4v) is 1.60. The molecule has 0 saturated heterocycles. The third kappa shape index (κ3) is 3.99. The first kappa shape index (κ1) is 13.4. The fourth-order valence-electron chi connectivity index (χ4n) is 1.48. The third-order valence-corrected chi connectivity index (χ3v) is 2.80. The minimum Gasteiger partial charge on any atom is -0.484 e. The highest BCUT2D eigenvalue weighted by Crippen LogP contribution is 2.15. The molecule has 1 N–H and O–H groups in total. The lowest BCUT2D eigenvalue weighted by Gasteiger charge is -2.07. The summed E-state index contributed by atoms with van der Waals surface area (Å²) in [5.74, 6) is 1.20. The highest BCUT2D eigenvalue weighted by molar-refractivity contribution is 6.30. The SMILES string of the molecule is Cn1ccnc1CNC(=O)COc1ccc(Cl)cc1. The van der Waals surface area contributed by atoms with E-state index in [9.17, 15) is 4.79 Å². The largest absolute Gasteiger partial charge is 0.484 e. The van der Waals surface area contributed by atoms with Gasteiger partial charge in [0.25, 0.3) is 5.91 Å². The normalized spacial score (nSPS) is 10.2. The van der Waals surface area contributed by atoms with Crippen molar-refractivity contribution in [1.29, 1.82) is 0 Å². The molecule has 0 saturated carbocycles. The van der Waals surface area contributed by atoms with Crippen LogP contribution in [0.4, 0.5) is 0 Å². The van der Waals surface area contributed by atoms with Crippen LogP contribution in [-0.4, -0.2) is 22.1 Å². The molecule has 0 fully saturated rings. The topological polar surface area (TPSA) is 56.2 Å². The maximum Gasteiger partial charge on any atom is 0.258 e. The van der Waals surface area contributed by atoms with Crippen LogP contribution in [0.25, 0.3) is 0 Å². The summed E-state index contributed by atoms with van der Waals surface area (Å²) >= 11 is 5.75. The van der Waals surface area contributed by atoms with Crippen LogP contribution in [-0.2, 0) is 18.4 Å². The highest BCUT2D eigenvalue weighted by atomic mass is 35.5. The maximum atomic E-state index is 11.6. The molecule has 5 nitrogen and oxygen atoms in total. The van der Waals surface area contributed by atoms with Crippen LogP contribution in [0.1, 0.15) is 5.82 Å². The number of nitrogens with one attached hydrogen (secondary N) is 1. The van der Waals surface area contributed by atoms with Crippen LogP contribution in [0.5, 0.6) is 5.75 Å². The molecule has 19 heavy (non-hydrogen) atoms. The lowest BCUT2D eigenvalue weighted by Crippen LogP contribution is -2.29. The summed E-state index contributed by atoms with van der Waals surface area (Å²) in [4.78, 5) is 15.7. The number of rotatable bonds is 5. The molecule has 0 spiro atoms. The van der Waals surface area contributed by atoms with Crippen molar-refractivity contribution in [3.8, 4) is 5.75 Å². The minimum atomic E-state index is -0.196. The maximum absolute atomic E-state index is 11.6. The number of hydrogen-bond acceptors (Lipinski definition) is 3. The van der Waals surface area contributed by atoms with Crippen molar-refractivity contribution >= 4 is 17.5 Å². The molecule has 0 unspecified atom stereocenters. The molecule has 1 heterocycles. The van der Waals surface area contributed by atoms with E-state index >= 15 is 0 Å². The number of imidazole rings is 1. The number of aryl methyl sites for hydroxylation is 1. The second kappa shape index (κ2) is 6.24. The molecule has 0 aliphatic carbocycles. The number of ether oxygens (including phenoxy) is 1. The predicted octanol–water partition coefficient (Wildman–Crippen LogP) is 1.77. The summed E-state index contributed by atoms with van der Waals surface area (Å²) in [6.45, 7) is 0.346. The van der Waals surface area contributed by atoms with E-state index in [0.717, 1.165) is 5.82 Å². The van der Waals surface area contributed by atoms with E-state index in [-0.39, 0.29) is 12.5 Å². The highest BCUT2D eigenvalue weighted by Gasteiger charge is 2.05. The van der Waals surface area contributed by atoms with E-state index in [1.807, 2.05) is 17.8 Å². The van der Waals surface area contributed by atoms with Gasteiger partial charge in [0, 0.05) is 24.5 Å². The van der Waals surface area contributed by atoms with Gasteiger partial charge >= 0.3 is 0 Å². The van der Waals surface area contributed by atoms with Crippen molar-refractivity contribution in [2.75, 3.05) is 6.61 Å². The van der Waals surface area contributed by atoms with Crippen molar-refractivity contribution < 1.29 is 9.53 Å². The average Bonchev–Trinajstić information content (AvgIpc) is 2.81. The smallest absolute Gasteiger partial charge is 0.258 e. The molecular formula is C13H14ClN3O2. The number of aromatic nitrogens is 2. The van der Waals surface area contributed by atoms with Crippen LogP contribution < -0.4 is 10.1 Å². The van der Waals surface area contributed by atoms with Crippen molar-refractivity contribution in [2.45, 2.75) is 6.54 Å². The van der Waals surface area contributed by atoms with Crippen LogP contribution in [0, 0.1) is 0 Å². The van der Waals surface area contributed by atoms with Gasteiger partial charge in [-0.05, 0) is 24.3 Å². The van der Waals surface area contributed by atoms with Crippen LogP contribution >= 0.6 is 11.6 Å². The molecular weight excluding hydrogens is 266 g/mol. The first-order chi connectivity index (χ1) is 9.15. The van der Waals surface area contributed by atoms with E-state index in [1.54, 1.807) is 30.5 Å². The summed E-state index contributed by atoms with van der Waals surface area (Å²) in [6.07, 6.45) is 3.51. The molecule has 0 radical (unpaired) electrons. The summed E-state index contributed by atoms with van der Waals surface area (Å²) in [5.41, 5.74) is 0. The summed E-state index contributed by atoms with van der Waals surface area (Å²) < 4.78 is 7.17. The van der Waals surface area contributed by atoms with Crippen LogP contribution in [0.2, 0.25) is 5.02 Å². The Hall–Kier alpha value is -2.01. The molecule has 0 aliphatic heterocycles. The Morgan fingerprint density at radius 2 is 2.16 bits per heavy atom. The Bertz CT molecular complexity index is 551. The Labute approximate surface area is 116 Å². The number of nitrogens with zero attached hydrogens (tertiary/aromatic N) is 2. The Morgan fingerprint density at radius 3 is 2.79 bits per heavy atom. The van der Waals surface area contributed by atoms with Crippen LogP contribution in [0.3, 0.4) is 0 Å². The molecule has 6 heteroatoms. The molecule has 1 amide bonds. The Morgan fingerprint density at radius 1 is 1.42 bits per heavy atom. The zero-order chi connectivity index (χ0) is 13.7. The molecule has 2 aromatic rings. The summed E-state index contributed by atoms with van der Waals surface area (Å²) in [6, 6.07) is 6.86. The molecule has 0 atom stereocenters. The first-order valence-corrected chi connectivity index (χ1v) is 6.14. The number of hydrogen-bond donors (Lipinski definition) is 1. The van der Waals surface area contributed by atoms with Gasteiger partial charge in [0.2, 0.25) is 0 Å². The van der Waals surface area contributed by atoms with Crippen molar-refractivity contribution in [2.24, 2.45) is 7.05 Å². The van der Waals surface area contributed by atoms with Gasteiger partial charge in [0.05, 0.1) is 6.54 Å². The van der Waals surface area contributed by atoms with Gasteiger partial charge in [-0.25, -0.2) is 4.98 Å². The van der Waals surface area contributed by atoms with E-state index in [1.165, 1.54) is 0 Å². The molecule has 0 aliphatic rings. The third-order valence-electron chi connectivity index (χ3n) is 2.55. The van der Waals surface area contributed by atoms with Crippen molar-refractivity contribution in [1.82, 2.24) is 14.9 Å². The van der Waals surface area contributed by atoms with Gasteiger partial charge < -0.3 is 14.6 Å². The fraction of sp³-hybridized carbons (Fsp3) is 0.231. The van der Waals surface area contributed by atoms with E-state index in [4.69, 9.17) is 16.3 Å². The second-order valence-corrected chi connectivity index (χ2v) is 4.41. The lowest BCUT2D eigenvalue weighted by atomic mass is 10.3. The zero-order valence-electron chi connectivity index (χ0n) is 10.5. The van der Waals surface area contributed by atoms with Gasteiger partial charge in [-0.2, -0.15) is 0 Å². The number of amides is 1. The molecule has 2 rings (SSSR count). The average molecular weight is 280 g/mol. The number of benzene rings is 1. The van der Waals surface area contributed by atoms with Gasteiger partial charge in [0.1, 0.15) is 11.6 Å². The molecule has 100 valence electrons. The Balaban J connectivity index is 1.76. The van der Waals surface area contributed by atoms with Gasteiger partial charge in [-0.15, -0.1) is 0 Å². The van der Waals surface area contributed by atoms with Gasteiger partial charge in [-0.1, -0.05) is 11.6 Å². The summed E-state index contributed by atoms with van der Waals surface area (Å²) in [7, 11) is 1.87. The monoisotopic (exact) mass is 279 g/mol. The van der Waals surface area contributed by atoms with Gasteiger partial charge in [-0.3, -0.25) is 4.79 Å². The standard InChI is InChI=1S/C13H14ClN3O2/c1-17-7-6-15-12(17)8-16-13(18)9-19-11-4-2-10(14)3-5-11/h2-7H,8-9H2,1H3,(H,16,18). The second-order valence-electron chi connectivity index (χ2n) is 3.97. The Kier molecular flexibility index (Phi) is 4.41. The lowest BCUT2D eigenvalue weighted by molar-refractivity contribution is -0.123. The van der Waals surface area contributed by atoms with E-state index in [0.29, 0.717) is 17.3 Å². The quantitative estimate of drug-likeness (QED) is 0.907. The molecule has 1 aromatic carbocycles. The van der Waals surface area contributed by atoms with Crippen LogP contribution in [0.15, 0.2) is 36.7 Å². The first-order valence-electron chi connectivity index (χ1n) is 5.76. The zero-order valence-corrected chi connectivity index (χ0v) is 11.2. The van der Waals surface area contributed by atoms with Gasteiger partial charge in [0.15, 0.2) is 6.61 Å².